The number of anilines is 3. The van der Waals surface area contributed by atoms with Crippen molar-refractivity contribution in [3.05, 3.63) is 78.0 Å². The van der Waals surface area contributed by atoms with Gasteiger partial charge >= 0.3 is 6.18 Å². The summed E-state index contributed by atoms with van der Waals surface area (Å²) in [5.41, 5.74) is -0.950. The lowest BCUT2D eigenvalue weighted by atomic mass is 10.1. The van der Waals surface area contributed by atoms with Crippen LogP contribution in [0.15, 0.2) is 60.9 Å². The summed E-state index contributed by atoms with van der Waals surface area (Å²) in [4.78, 5) is 20.0. The third kappa shape index (κ3) is 4.57. The highest BCUT2D eigenvalue weighted by atomic mass is 19.4. The van der Waals surface area contributed by atoms with Gasteiger partial charge in [-0.3, -0.25) is 4.79 Å². The predicted molar refractivity (Wildman–Crippen MR) is 91.1 cm³/mol. The Morgan fingerprint density at radius 3 is 2.37 bits per heavy atom. The van der Waals surface area contributed by atoms with E-state index in [-0.39, 0.29) is 17.2 Å². The van der Waals surface area contributed by atoms with Crippen LogP contribution in [-0.2, 0) is 6.18 Å². The van der Waals surface area contributed by atoms with Crippen molar-refractivity contribution >= 4 is 23.1 Å². The van der Waals surface area contributed by atoms with E-state index in [1.807, 2.05) is 0 Å². The van der Waals surface area contributed by atoms with Crippen LogP contribution in [0.1, 0.15) is 16.1 Å². The average Bonchev–Trinajstić information content (AvgIpc) is 2.63. The zero-order valence-corrected chi connectivity index (χ0v) is 13.6. The maximum atomic E-state index is 13.0. The topological polar surface area (TPSA) is 66.9 Å². The molecule has 0 atom stereocenters. The highest BCUT2D eigenvalue weighted by Gasteiger charge is 2.33. The number of carbonyl (C=O) groups is 1. The van der Waals surface area contributed by atoms with Crippen molar-refractivity contribution in [1.82, 2.24) is 9.97 Å². The molecule has 0 spiro atoms. The molecule has 0 radical (unpaired) electrons. The number of hydrogen-bond donors (Lipinski definition) is 2. The zero-order chi connectivity index (χ0) is 19.4. The molecule has 0 aliphatic heterocycles. The number of benzene rings is 2. The lowest BCUT2D eigenvalue weighted by Gasteiger charge is -2.13. The number of para-hydroxylation sites is 1. The van der Waals surface area contributed by atoms with Crippen LogP contribution >= 0.6 is 0 Å². The molecule has 0 unspecified atom stereocenters. The first-order chi connectivity index (χ1) is 12.8. The Hall–Kier alpha value is -3.49. The zero-order valence-electron chi connectivity index (χ0n) is 13.6. The fourth-order valence-corrected chi connectivity index (χ4v) is 2.26. The van der Waals surface area contributed by atoms with Gasteiger partial charge in [-0.05, 0) is 36.4 Å². The Bertz CT molecular complexity index is 958. The van der Waals surface area contributed by atoms with Gasteiger partial charge in [-0.25, -0.2) is 14.4 Å². The van der Waals surface area contributed by atoms with Gasteiger partial charge in [0.2, 0.25) is 0 Å². The number of alkyl halides is 3. The Morgan fingerprint density at radius 2 is 1.67 bits per heavy atom. The maximum absolute atomic E-state index is 13.0. The van der Waals surface area contributed by atoms with E-state index in [1.54, 1.807) is 0 Å². The van der Waals surface area contributed by atoms with E-state index < -0.39 is 23.5 Å². The normalized spacial score (nSPS) is 11.1. The van der Waals surface area contributed by atoms with Crippen molar-refractivity contribution in [3.8, 4) is 0 Å². The number of aromatic nitrogens is 2. The Kier molecular flexibility index (Phi) is 5.02. The fraction of sp³-hybridized carbons (Fsp3) is 0.0556. The van der Waals surface area contributed by atoms with Gasteiger partial charge in [-0.15, -0.1) is 0 Å². The summed E-state index contributed by atoms with van der Waals surface area (Å²) < 4.78 is 52.0. The molecule has 0 fully saturated rings. The van der Waals surface area contributed by atoms with Gasteiger partial charge in [0.1, 0.15) is 23.7 Å². The second-order valence-electron chi connectivity index (χ2n) is 5.42. The lowest BCUT2D eigenvalue weighted by molar-refractivity contribution is -0.136. The molecule has 3 rings (SSSR count). The summed E-state index contributed by atoms with van der Waals surface area (Å²) in [5.74, 6) is -1.01. The lowest BCUT2D eigenvalue weighted by Crippen LogP contribution is -2.18. The third-order valence-electron chi connectivity index (χ3n) is 3.50. The minimum absolute atomic E-state index is 0.133. The van der Waals surface area contributed by atoms with Crippen molar-refractivity contribution in [2.45, 2.75) is 6.18 Å². The molecule has 9 heteroatoms. The van der Waals surface area contributed by atoms with Crippen LogP contribution in [0, 0.1) is 5.82 Å². The van der Waals surface area contributed by atoms with Gasteiger partial charge in [-0.2, -0.15) is 13.2 Å². The van der Waals surface area contributed by atoms with Gasteiger partial charge in [0.25, 0.3) is 5.91 Å². The molecular weight excluding hydrogens is 364 g/mol. The molecule has 5 nitrogen and oxygen atoms in total. The fourth-order valence-electron chi connectivity index (χ4n) is 2.26. The van der Waals surface area contributed by atoms with E-state index in [1.165, 1.54) is 42.5 Å². The van der Waals surface area contributed by atoms with E-state index in [2.05, 4.69) is 20.6 Å². The summed E-state index contributed by atoms with van der Waals surface area (Å²) in [7, 11) is 0. The standard InChI is InChI=1S/C18H12F4N4O/c19-11-5-7-12(8-6-11)25-16-9-15(23-10-24-16)17(27)26-14-4-2-1-3-13(14)18(20,21)22/h1-10H,(H,26,27)(H,23,24,25). The van der Waals surface area contributed by atoms with Crippen LogP contribution in [0.2, 0.25) is 0 Å². The summed E-state index contributed by atoms with van der Waals surface area (Å²) in [6.45, 7) is 0. The smallest absolute Gasteiger partial charge is 0.340 e. The highest BCUT2D eigenvalue weighted by molar-refractivity contribution is 6.03. The van der Waals surface area contributed by atoms with Crippen LogP contribution in [0.5, 0.6) is 0 Å². The quantitative estimate of drug-likeness (QED) is 0.652. The molecule has 0 bridgehead atoms. The monoisotopic (exact) mass is 376 g/mol. The molecule has 2 aromatic carbocycles. The van der Waals surface area contributed by atoms with Gasteiger partial charge in [-0.1, -0.05) is 12.1 Å². The number of nitrogens with one attached hydrogen (secondary N) is 2. The predicted octanol–water partition coefficient (Wildman–Crippen LogP) is 4.63. The molecule has 3 aromatic rings. The van der Waals surface area contributed by atoms with Crippen LogP contribution in [0.3, 0.4) is 0 Å². The molecule has 0 saturated heterocycles. The minimum atomic E-state index is -4.61. The van der Waals surface area contributed by atoms with E-state index in [0.29, 0.717) is 5.69 Å². The van der Waals surface area contributed by atoms with Crippen molar-refractivity contribution < 1.29 is 22.4 Å². The van der Waals surface area contributed by atoms with Crippen LogP contribution < -0.4 is 10.6 Å². The van der Waals surface area contributed by atoms with Gasteiger partial charge < -0.3 is 10.6 Å². The third-order valence-corrected chi connectivity index (χ3v) is 3.50. The van der Waals surface area contributed by atoms with Crippen LogP contribution in [-0.4, -0.2) is 15.9 Å². The number of amides is 1. The van der Waals surface area contributed by atoms with Crippen LogP contribution in [0.4, 0.5) is 34.8 Å². The second-order valence-corrected chi connectivity index (χ2v) is 5.42. The van der Waals surface area contributed by atoms with Crippen molar-refractivity contribution in [3.63, 3.8) is 0 Å². The van der Waals surface area contributed by atoms with Crippen molar-refractivity contribution in [2.24, 2.45) is 0 Å². The van der Waals surface area contributed by atoms with E-state index >= 15 is 0 Å². The maximum Gasteiger partial charge on any atom is 0.418 e. The number of rotatable bonds is 4. The Morgan fingerprint density at radius 1 is 0.963 bits per heavy atom. The molecule has 0 saturated carbocycles. The summed E-state index contributed by atoms with van der Waals surface area (Å²) in [6.07, 6.45) is -3.51. The minimum Gasteiger partial charge on any atom is -0.340 e. The number of halogens is 4. The number of hydrogen-bond acceptors (Lipinski definition) is 4. The first kappa shape index (κ1) is 18.3. The second kappa shape index (κ2) is 7.40. The van der Waals surface area contributed by atoms with E-state index in [9.17, 15) is 22.4 Å². The first-order valence-electron chi connectivity index (χ1n) is 7.65. The molecule has 1 heterocycles. The van der Waals surface area contributed by atoms with Crippen molar-refractivity contribution in [2.75, 3.05) is 10.6 Å². The number of carbonyl (C=O) groups excluding carboxylic acids is 1. The molecule has 27 heavy (non-hydrogen) atoms. The van der Waals surface area contributed by atoms with Crippen LogP contribution in [0.25, 0.3) is 0 Å². The number of nitrogens with zero attached hydrogens (tertiary/aromatic N) is 2. The summed E-state index contributed by atoms with van der Waals surface area (Å²) in [5, 5.41) is 5.05. The molecular formula is C18H12F4N4O. The summed E-state index contributed by atoms with van der Waals surface area (Å²) in [6, 6.07) is 11.3. The highest BCUT2D eigenvalue weighted by Crippen LogP contribution is 2.34. The van der Waals surface area contributed by atoms with Gasteiger partial charge in [0, 0.05) is 11.8 Å². The SMILES string of the molecule is O=C(Nc1ccccc1C(F)(F)F)c1cc(Nc2ccc(F)cc2)ncn1. The molecule has 0 aliphatic rings. The Labute approximate surface area is 151 Å². The molecule has 138 valence electrons. The first-order valence-corrected chi connectivity index (χ1v) is 7.65. The molecule has 0 aliphatic carbocycles. The molecule has 1 amide bonds. The largest absolute Gasteiger partial charge is 0.418 e. The molecule has 1 aromatic heterocycles. The average molecular weight is 376 g/mol. The van der Waals surface area contributed by atoms with Gasteiger partial charge in [0.05, 0.1) is 11.3 Å². The molecule has 2 N–H and O–H groups in total. The van der Waals surface area contributed by atoms with Crippen molar-refractivity contribution in [1.29, 1.82) is 0 Å². The summed E-state index contributed by atoms with van der Waals surface area (Å²) >= 11 is 0. The van der Waals surface area contributed by atoms with Gasteiger partial charge in [0.15, 0.2) is 0 Å². The van der Waals surface area contributed by atoms with E-state index in [4.69, 9.17) is 0 Å². The Balaban J connectivity index is 1.79. The van der Waals surface area contributed by atoms with E-state index in [0.717, 1.165) is 18.5 Å².